The van der Waals surface area contributed by atoms with Crippen LogP contribution < -0.4 is 15.5 Å². The number of carbonyl (C=O) groups is 1. The highest BCUT2D eigenvalue weighted by atomic mass is 19.4. The molecule has 4 nitrogen and oxygen atoms in total. The molecule has 0 spiro atoms. The lowest BCUT2D eigenvalue weighted by atomic mass is 10.1. The van der Waals surface area contributed by atoms with Crippen LogP contribution in [0.3, 0.4) is 0 Å². The van der Waals surface area contributed by atoms with Crippen LogP contribution in [0.5, 0.6) is 0 Å². The number of carbonyl (C=O) groups excluding carboxylic acids is 1. The minimum absolute atomic E-state index is 0.0842. The quantitative estimate of drug-likeness (QED) is 0.838. The standard InChI is InChI=1S/C14H17F4N3O/c15-6-7-19-13(22)20-10-5-8-21(9-10)12-4-2-1-3-11(12)14(16,17)18/h1-4,10H,5-9H2,(H2,19,20,22)/t10-/m1/s1. The smallest absolute Gasteiger partial charge is 0.369 e. The van der Waals surface area contributed by atoms with Gasteiger partial charge < -0.3 is 15.5 Å². The van der Waals surface area contributed by atoms with Gasteiger partial charge in [-0.2, -0.15) is 13.2 Å². The van der Waals surface area contributed by atoms with Crippen LogP contribution in [-0.4, -0.2) is 38.4 Å². The third kappa shape index (κ3) is 4.02. The maximum atomic E-state index is 13.0. The molecule has 1 aromatic rings. The minimum Gasteiger partial charge on any atom is -0.369 e. The fourth-order valence-corrected chi connectivity index (χ4v) is 2.48. The normalized spacial score (nSPS) is 18.4. The van der Waals surface area contributed by atoms with Crippen LogP contribution in [0.25, 0.3) is 0 Å². The number of benzene rings is 1. The molecule has 0 aromatic heterocycles. The van der Waals surface area contributed by atoms with Gasteiger partial charge in [0.05, 0.1) is 5.56 Å². The second-order valence-electron chi connectivity index (χ2n) is 5.04. The van der Waals surface area contributed by atoms with Crippen molar-refractivity contribution in [3.8, 4) is 0 Å². The van der Waals surface area contributed by atoms with Crippen molar-refractivity contribution in [2.24, 2.45) is 0 Å². The van der Waals surface area contributed by atoms with Gasteiger partial charge in [-0.05, 0) is 18.6 Å². The van der Waals surface area contributed by atoms with Crippen molar-refractivity contribution < 1.29 is 22.4 Å². The first-order valence-corrected chi connectivity index (χ1v) is 6.93. The molecule has 1 aliphatic heterocycles. The number of para-hydroxylation sites is 1. The summed E-state index contributed by atoms with van der Waals surface area (Å²) < 4.78 is 51.0. The van der Waals surface area contributed by atoms with Crippen molar-refractivity contribution in [2.45, 2.75) is 18.6 Å². The summed E-state index contributed by atoms with van der Waals surface area (Å²) in [7, 11) is 0. The first-order chi connectivity index (χ1) is 10.4. The van der Waals surface area contributed by atoms with Gasteiger partial charge in [0.1, 0.15) is 6.67 Å². The molecule has 1 aromatic carbocycles. The molecule has 0 radical (unpaired) electrons. The van der Waals surface area contributed by atoms with Gasteiger partial charge in [-0.3, -0.25) is 0 Å². The molecule has 1 heterocycles. The van der Waals surface area contributed by atoms with Crippen LogP contribution in [-0.2, 0) is 6.18 Å². The maximum absolute atomic E-state index is 13.0. The predicted molar refractivity (Wildman–Crippen MR) is 74.6 cm³/mol. The maximum Gasteiger partial charge on any atom is 0.418 e. The molecule has 0 saturated carbocycles. The van der Waals surface area contributed by atoms with E-state index in [1.807, 2.05) is 0 Å². The molecule has 0 unspecified atom stereocenters. The monoisotopic (exact) mass is 319 g/mol. The van der Waals surface area contributed by atoms with E-state index in [2.05, 4.69) is 10.6 Å². The third-order valence-corrected chi connectivity index (χ3v) is 3.45. The van der Waals surface area contributed by atoms with Gasteiger partial charge >= 0.3 is 12.2 Å². The summed E-state index contributed by atoms with van der Waals surface area (Å²) in [4.78, 5) is 13.0. The number of hydrogen-bond acceptors (Lipinski definition) is 2. The zero-order valence-electron chi connectivity index (χ0n) is 11.8. The van der Waals surface area contributed by atoms with Crippen molar-refractivity contribution in [1.82, 2.24) is 10.6 Å². The summed E-state index contributed by atoms with van der Waals surface area (Å²) in [6.45, 7) is -0.0420. The van der Waals surface area contributed by atoms with E-state index in [0.717, 1.165) is 6.07 Å². The Labute approximate surface area is 125 Å². The van der Waals surface area contributed by atoms with Crippen molar-refractivity contribution >= 4 is 11.7 Å². The Hall–Kier alpha value is -1.99. The molecule has 1 saturated heterocycles. The second kappa shape index (κ2) is 6.85. The molecule has 1 fully saturated rings. The van der Waals surface area contributed by atoms with Gasteiger partial charge in [0.15, 0.2) is 0 Å². The number of anilines is 1. The number of urea groups is 1. The van der Waals surface area contributed by atoms with Crippen molar-refractivity contribution in [1.29, 1.82) is 0 Å². The van der Waals surface area contributed by atoms with E-state index >= 15 is 0 Å². The molecule has 0 aliphatic carbocycles. The summed E-state index contributed by atoms with van der Waals surface area (Å²) in [6, 6.07) is 4.61. The molecule has 2 N–H and O–H groups in total. The van der Waals surface area contributed by atoms with Gasteiger partial charge in [-0.15, -0.1) is 0 Å². The Balaban J connectivity index is 2.00. The Kier molecular flexibility index (Phi) is 5.10. The van der Waals surface area contributed by atoms with Crippen LogP contribution in [0.2, 0.25) is 0 Å². The van der Waals surface area contributed by atoms with Gasteiger partial charge in [-0.1, -0.05) is 12.1 Å². The third-order valence-electron chi connectivity index (χ3n) is 3.45. The topological polar surface area (TPSA) is 44.4 Å². The molecular formula is C14H17F4N3O. The number of amides is 2. The minimum atomic E-state index is -4.42. The Morgan fingerprint density at radius 1 is 1.32 bits per heavy atom. The molecule has 2 amide bonds. The Bertz CT molecular complexity index is 521. The van der Waals surface area contributed by atoms with E-state index in [1.54, 1.807) is 11.0 Å². The molecule has 0 bridgehead atoms. The van der Waals surface area contributed by atoms with Gasteiger partial charge in [0.2, 0.25) is 0 Å². The zero-order valence-corrected chi connectivity index (χ0v) is 11.8. The molecule has 8 heteroatoms. The molecule has 122 valence electrons. The van der Waals surface area contributed by atoms with Crippen LogP contribution in [0.15, 0.2) is 24.3 Å². The van der Waals surface area contributed by atoms with E-state index in [4.69, 9.17) is 0 Å². The summed E-state index contributed by atoms with van der Waals surface area (Å²) in [5, 5.41) is 4.96. The summed E-state index contributed by atoms with van der Waals surface area (Å²) >= 11 is 0. The fraction of sp³-hybridized carbons (Fsp3) is 0.500. The van der Waals surface area contributed by atoms with Crippen LogP contribution in [0.1, 0.15) is 12.0 Å². The van der Waals surface area contributed by atoms with Crippen LogP contribution in [0.4, 0.5) is 28.0 Å². The highest BCUT2D eigenvalue weighted by Gasteiger charge is 2.36. The second-order valence-corrected chi connectivity index (χ2v) is 5.04. The van der Waals surface area contributed by atoms with E-state index in [1.165, 1.54) is 12.1 Å². The van der Waals surface area contributed by atoms with Crippen LogP contribution >= 0.6 is 0 Å². The Morgan fingerprint density at radius 3 is 2.73 bits per heavy atom. The van der Waals surface area contributed by atoms with E-state index in [0.29, 0.717) is 13.0 Å². The molecular weight excluding hydrogens is 302 g/mol. The number of hydrogen-bond donors (Lipinski definition) is 2. The van der Waals surface area contributed by atoms with Gasteiger partial charge in [0.25, 0.3) is 0 Å². The van der Waals surface area contributed by atoms with Crippen molar-refractivity contribution in [3.63, 3.8) is 0 Å². The van der Waals surface area contributed by atoms with Crippen molar-refractivity contribution in [3.05, 3.63) is 29.8 Å². The summed E-state index contributed by atoms with van der Waals surface area (Å²) in [5.74, 6) is 0. The highest BCUT2D eigenvalue weighted by Crippen LogP contribution is 2.37. The SMILES string of the molecule is O=C(NCCF)N[C@@H]1CCN(c2ccccc2C(F)(F)F)C1. The molecule has 1 aliphatic rings. The molecule has 22 heavy (non-hydrogen) atoms. The summed E-state index contributed by atoms with van der Waals surface area (Å²) in [5.41, 5.74) is -0.569. The lowest BCUT2D eigenvalue weighted by Crippen LogP contribution is -2.44. The van der Waals surface area contributed by atoms with Crippen molar-refractivity contribution in [2.75, 3.05) is 31.2 Å². The number of rotatable bonds is 4. The average Bonchev–Trinajstić information content (AvgIpc) is 2.92. The fourth-order valence-electron chi connectivity index (χ4n) is 2.48. The van der Waals surface area contributed by atoms with Gasteiger partial charge in [0, 0.05) is 31.4 Å². The lowest BCUT2D eigenvalue weighted by Gasteiger charge is -2.23. The van der Waals surface area contributed by atoms with E-state index < -0.39 is 24.4 Å². The van der Waals surface area contributed by atoms with Crippen LogP contribution in [0, 0.1) is 0 Å². The number of nitrogens with one attached hydrogen (secondary N) is 2. The van der Waals surface area contributed by atoms with E-state index in [9.17, 15) is 22.4 Å². The Morgan fingerprint density at radius 2 is 2.05 bits per heavy atom. The largest absolute Gasteiger partial charge is 0.418 e. The number of alkyl halides is 4. The zero-order chi connectivity index (χ0) is 16.2. The summed E-state index contributed by atoms with van der Waals surface area (Å²) in [6.07, 6.45) is -3.88. The first kappa shape index (κ1) is 16.4. The predicted octanol–water partition coefficient (Wildman–Crippen LogP) is 2.55. The lowest BCUT2D eigenvalue weighted by molar-refractivity contribution is -0.137. The number of halogens is 4. The molecule has 2 rings (SSSR count). The highest BCUT2D eigenvalue weighted by molar-refractivity contribution is 5.74. The molecule has 1 atom stereocenters. The average molecular weight is 319 g/mol. The number of nitrogens with zero attached hydrogens (tertiary/aromatic N) is 1. The van der Waals surface area contributed by atoms with E-state index in [-0.39, 0.29) is 24.8 Å². The first-order valence-electron chi connectivity index (χ1n) is 6.93. The van der Waals surface area contributed by atoms with Gasteiger partial charge in [-0.25, -0.2) is 9.18 Å².